The van der Waals surface area contributed by atoms with Crippen molar-refractivity contribution in [3.05, 3.63) is 40.4 Å². The lowest BCUT2D eigenvalue weighted by Crippen LogP contribution is -2.36. The number of hydrogen-bond acceptors (Lipinski definition) is 5. The highest BCUT2D eigenvalue weighted by molar-refractivity contribution is 7.17. The van der Waals surface area contributed by atoms with Gasteiger partial charge in [-0.05, 0) is 12.5 Å². The van der Waals surface area contributed by atoms with Crippen LogP contribution in [-0.4, -0.2) is 34.9 Å². The third kappa shape index (κ3) is 3.06. The number of carbonyl (C=O) groups excluding carboxylic acids is 1. The van der Waals surface area contributed by atoms with Gasteiger partial charge in [0.2, 0.25) is 0 Å². The van der Waals surface area contributed by atoms with Gasteiger partial charge < -0.3 is 10.2 Å². The summed E-state index contributed by atoms with van der Waals surface area (Å²) >= 11 is 7.46. The Morgan fingerprint density at radius 2 is 2.32 bits per heavy atom. The van der Waals surface area contributed by atoms with Gasteiger partial charge in [0.15, 0.2) is 6.19 Å². The predicted octanol–water partition coefficient (Wildman–Crippen LogP) is 2.75. The Hall–Kier alpha value is -2.10. The van der Waals surface area contributed by atoms with Crippen molar-refractivity contribution in [1.29, 1.82) is 5.26 Å². The van der Waals surface area contributed by atoms with E-state index in [1.807, 2.05) is 18.2 Å². The van der Waals surface area contributed by atoms with Crippen molar-refractivity contribution >= 4 is 28.8 Å². The van der Waals surface area contributed by atoms with E-state index in [4.69, 9.17) is 16.9 Å². The molecule has 112 valence electrons. The van der Waals surface area contributed by atoms with E-state index in [0.717, 1.165) is 17.0 Å². The highest BCUT2D eigenvalue weighted by Crippen LogP contribution is 2.30. The summed E-state index contributed by atoms with van der Waals surface area (Å²) in [6.45, 7) is 1.26. The molecule has 0 unspecified atom stereocenters. The molecule has 2 heterocycles. The number of amides is 1. The van der Waals surface area contributed by atoms with Gasteiger partial charge in [-0.2, -0.15) is 5.26 Å². The van der Waals surface area contributed by atoms with Gasteiger partial charge in [0.05, 0.1) is 11.2 Å². The van der Waals surface area contributed by atoms with Crippen molar-refractivity contribution in [1.82, 2.24) is 15.2 Å². The molecular formula is C15H13ClN4OS. The molecular weight excluding hydrogens is 320 g/mol. The predicted molar refractivity (Wildman–Crippen MR) is 85.6 cm³/mol. The van der Waals surface area contributed by atoms with Gasteiger partial charge in [-0.3, -0.25) is 4.79 Å². The van der Waals surface area contributed by atoms with Crippen molar-refractivity contribution in [3.63, 3.8) is 0 Å². The molecule has 1 aliphatic rings. The van der Waals surface area contributed by atoms with E-state index in [2.05, 4.69) is 16.5 Å². The van der Waals surface area contributed by atoms with Crippen LogP contribution in [0.25, 0.3) is 10.6 Å². The molecule has 0 spiro atoms. The fourth-order valence-corrected chi connectivity index (χ4v) is 3.50. The van der Waals surface area contributed by atoms with Crippen LogP contribution in [0.2, 0.25) is 5.02 Å². The molecule has 0 aliphatic carbocycles. The summed E-state index contributed by atoms with van der Waals surface area (Å²) in [6, 6.07) is 7.43. The molecule has 0 radical (unpaired) electrons. The smallest absolute Gasteiger partial charge is 0.263 e. The molecule has 1 saturated heterocycles. The topological polar surface area (TPSA) is 69.0 Å². The minimum absolute atomic E-state index is 0.0120. The molecule has 0 saturated carbocycles. The maximum Gasteiger partial charge on any atom is 0.263 e. The van der Waals surface area contributed by atoms with Crippen molar-refractivity contribution in [2.75, 3.05) is 13.1 Å². The van der Waals surface area contributed by atoms with Crippen LogP contribution in [0.4, 0.5) is 0 Å². The van der Waals surface area contributed by atoms with E-state index in [0.29, 0.717) is 23.0 Å². The second kappa shape index (κ2) is 6.34. The van der Waals surface area contributed by atoms with Gasteiger partial charge in [-0.1, -0.05) is 29.8 Å². The minimum Gasteiger partial charge on any atom is -0.347 e. The molecule has 5 nitrogen and oxygen atoms in total. The fraction of sp³-hybridized carbons (Fsp3) is 0.267. The van der Waals surface area contributed by atoms with Crippen molar-refractivity contribution < 1.29 is 4.79 Å². The average molecular weight is 333 g/mol. The molecule has 22 heavy (non-hydrogen) atoms. The monoisotopic (exact) mass is 332 g/mol. The van der Waals surface area contributed by atoms with Crippen LogP contribution in [0.1, 0.15) is 16.1 Å². The number of halogens is 1. The van der Waals surface area contributed by atoms with Gasteiger partial charge in [-0.25, -0.2) is 4.98 Å². The minimum atomic E-state index is -0.152. The number of carbonyl (C=O) groups is 1. The van der Waals surface area contributed by atoms with Crippen molar-refractivity contribution in [3.8, 4) is 16.8 Å². The fourth-order valence-electron chi connectivity index (χ4n) is 2.36. The van der Waals surface area contributed by atoms with Gasteiger partial charge >= 0.3 is 0 Å². The van der Waals surface area contributed by atoms with E-state index in [1.165, 1.54) is 11.3 Å². The highest BCUT2D eigenvalue weighted by atomic mass is 35.5. The largest absolute Gasteiger partial charge is 0.347 e. The molecule has 2 aromatic rings. The number of rotatable bonds is 3. The van der Waals surface area contributed by atoms with Gasteiger partial charge in [0, 0.05) is 24.7 Å². The lowest BCUT2D eigenvalue weighted by Gasteiger charge is -2.10. The molecule has 1 N–H and O–H groups in total. The maximum absolute atomic E-state index is 12.3. The van der Waals surface area contributed by atoms with E-state index in [-0.39, 0.29) is 11.9 Å². The molecule has 1 aromatic carbocycles. The number of nitrogens with zero attached hydrogens (tertiary/aromatic N) is 3. The van der Waals surface area contributed by atoms with Crippen LogP contribution in [0.3, 0.4) is 0 Å². The summed E-state index contributed by atoms with van der Waals surface area (Å²) in [5, 5.41) is 13.1. The number of likely N-dealkylation sites (tertiary alicyclic amines) is 1. The number of thiazole rings is 1. The lowest BCUT2D eigenvalue weighted by atomic mass is 10.2. The Morgan fingerprint density at radius 3 is 3.05 bits per heavy atom. The van der Waals surface area contributed by atoms with Crippen molar-refractivity contribution in [2.45, 2.75) is 12.5 Å². The van der Waals surface area contributed by atoms with E-state index in [1.54, 1.807) is 17.2 Å². The summed E-state index contributed by atoms with van der Waals surface area (Å²) < 4.78 is 0. The van der Waals surface area contributed by atoms with Gasteiger partial charge in [-0.15, -0.1) is 11.3 Å². The normalized spacial score (nSPS) is 17.3. The molecule has 7 heteroatoms. The Kier molecular flexibility index (Phi) is 4.27. The summed E-state index contributed by atoms with van der Waals surface area (Å²) in [5.74, 6) is -0.152. The quantitative estimate of drug-likeness (QED) is 0.877. The first kappa shape index (κ1) is 14.8. The Morgan fingerprint density at radius 1 is 1.50 bits per heavy atom. The molecule has 1 amide bonds. The first-order chi connectivity index (χ1) is 10.7. The summed E-state index contributed by atoms with van der Waals surface area (Å²) in [6.07, 6.45) is 4.45. The maximum atomic E-state index is 12.3. The van der Waals surface area contributed by atoms with Crippen LogP contribution < -0.4 is 5.32 Å². The molecule has 1 fully saturated rings. The highest BCUT2D eigenvalue weighted by Gasteiger charge is 2.24. The van der Waals surface area contributed by atoms with Crippen LogP contribution in [-0.2, 0) is 0 Å². The van der Waals surface area contributed by atoms with Gasteiger partial charge in [0.25, 0.3) is 5.91 Å². The lowest BCUT2D eigenvalue weighted by molar-refractivity contribution is 0.0942. The third-order valence-corrected chi connectivity index (χ3v) is 4.86. The Labute approximate surface area is 137 Å². The summed E-state index contributed by atoms with van der Waals surface area (Å²) in [7, 11) is 0. The van der Waals surface area contributed by atoms with Crippen LogP contribution >= 0.6 is 22.9 Å². The first-order valence-electron chi connectivity index (χ1n) is 6.83. The SMILES string of the molecule is N#CN1CC[C@@H](NC(=O)c2cnc(-c3ccccc3Cl)s2)C1. The number of hydrogen-bond donors (Lipinski definition) is 1. The standard InChI is InChI=1S/C15H13ClN4OS/c16-12-4-2-1-3-11(12)15-18-7-13(22-15)14(21)19-10-5-6-20(8-10)9-17/h1-4,7,10H,5-6,8H2,(H,19,21)/t10-/m1/s1. The zero-order valence-electron chi connectivity index (χ0n) is 11.6. The number of nitriles is 1. The summed E-state index contributed by atoms with van der Waals surface area (Å²) in [5.41, 5.74) is 0.824. The molecule has 1 aromatic heterocycles. The number of benzene rings is 1. The molecule has 1 aliphatic heterocycles. The Balaban J connectivity index is 1.70. The molecule has 0 bridgehead atoms. The van der Waals surface area contributed by atoms with E-state index in [9.17, 15) is 4.79 Å². The zero-order valence-corrected chi connectivity index (χ0v) is 13.2. The van der Waals surface area contributed by atoms with Crippen LogP contribution in [0.15, 0.2) is 30.5 Å². The number of nitrogens with one attached hydrogen (secondary N) is 1. The van der Waals surface area contributed by atoms with E-state index < -0.39 is 0 Å². The molecule has 1 atom stereocenters. The second-order valence-electron chi connectivity index (χ2n) is 5.01. The van der Waals surface area contributed by atoms with Crippen LogP contribution in [0.5, 0.6) is 0 Å². The average Bonchev–Trinajstić information content (AvgIpc) is 3.16. The Bertz CT molecular complexity index is 739. The van der Waals surface area contributed by atoms with Crippen LogP contribution in [0, 0.1) is 11.5 Å². The van der Waals surface area contributed by atoms with Gasteiger partial charge in [0.1, 0.15) is 9.88 Å². The first-order valence-corrected chi connectivity index (χ1v) is 8.03. The summed E-state index contributed by atoms with van der Waals surface area (Å²) in [4.78, 5) is 18.7. The zero-order chi connectivity index (χ0) is 15.5. The van der Waals surface area contributed by atoms with E-state index >= 15 is 0 Å². The molecule has 3 rings (SSSR count). The third-order valence-electron chi connectivity index (χ3n) is 3.50. The van der Waals surface area contributed by atoms with Crippen molar-refractivity contribution in [2.24, 2.45) is 0 Å². The second-order valence-corrected chi connectivity index (χ2v) is 6.45. The number of aromatic nitrogens is 1.